The number of halogens is 1. The molecule has 2 saturated heterocycles. The molecule has 0 saturated carbocycles. The van der Waals surface area contributed by atoms with Crippen molar-refractivity contribution in [1.82, 2.24) is 15.1 Å². The van der Waals surface area contributed by atoms with Gasteiger partial charge in [0, 0.05) is 53.0 Å². The van der Waals surface area contributed by atoms with Crippen molar-refractivity contribution in [2.24, 2.45) is 10.9 Å². The lowest BCUT2D eigenvalue weighted by atomic mass is 9.96. The largest absolute Gasteiger partial charge is 0.381 e. The van der Waals surface area contributed by atoms with Crippen LogP contribution in [0, 0.1) is 5.92 Å². The van der Waals surface area contributed by atoms with E-state index < -0.39 is 0 Å². The molecule has 3 rings (SSSR count). The van der Waals surface area contributed by atoms with Crippen LogP contribution in [0.15, 0.2) is 29.3 Å². The Labute approximate surface area is 199 Å². The number of guanidine groups is 1. The Morgan fingerprint density at radius 2 is 1.83 bits per heavy atom. The van der Waals surface area contributed by atoms with Crippen molar-refractivity contribution in [3.8, 4) is 0 Å². The predicted molar refractivity (Wildman–Crippen MR) is 134 cm³/mol. The molecule has 0 atom stereocenters. The molecule has 7 heteroatoms. The average Bonchev–Trinajstić information content (AvgIpc) is 2.76. The first-order chi connectivity index (χ1) is 14.2. The zero-order chi connectivity index (χ0) is 20.3. The molecular formula is C23H39IN4O2. The van der Waals surface area contributed by atoms with Crippen LogP contribution in [0.2, 0.25) is 0 Å². The number of hydrogen-bond acceptors (Lipinski definition) is 4. The molecule has 2 heterocycles. The van der Waals surface area contributed by atoms with Crippen molar-refractivity contribution in [3.63, 3.8) is 0 Å². The molecule has 0 spiro atoms. The highest BCUT2D eigenvalue weighted by Gasteiger charge is 2.15. The summed E-state index contributed by atoms with van der Waals surface area (Å²) in [7, 11) is 2.15. The lowest BCUT2D eigenvalue weighted by molar-refractivity contribution is 0.0342. The maximum atomic E-state index is 5.48. The van der Waals surface area contributed by atoms with E-state index in [0.717, 1.165) is 71.0 Å². The quantitative estimate of drug-likeness (QED) is 0.318. The normalized spacial score (nSPS) is 18.7. The number of benzene rings is 1. The third-order valence-corrected chi connectivity index (χ3v) is 5.82. The summed E-state index contributed by atoms with van der Waals surface area (Å²) in [5, 5.41) is 3.45. The summed E-state index contributed by atoms with van der Waals surface area (Å²) < 4.78 is 10.9. The summed E-state index contributed by atoms with van der Waals surface area (Å²) >= 11 is 0. The lowest BCUT2D eigenvalue weighted by Crippen LogP contribution is -2.40. The van der Waals surface area contributed by atoms with Crippen LogP contribution >= 0.6 is 24.0 Å². The Bertz CT molecular complexity index is 631. The van der Waals surface area contributed by atoms with Gasteiger partial charge in [0.25, 0.3) is 0 Å². The standard InChI is InChI=1S/C23H38N4O2.HI/c1-3-24-23(26(2)10-7-20-8-13-28-14-9-20)25-18-21-5-4-6-22(17-21)19-27-11-15-29-16-12-27;/h4-6,17,20H,3,7-16,18-19H2,1-2H3,(H,24,25);1H. The van der Waals surface area contributed by atoms with Gasteiger partial charge in [-0.15, -0.1) is 24.0 Å². The second kappa shape index (κ2) is 14.2. The highest BCUT2D eigenvalue weighted by Crippen LogP contribution is 2.18. The highest BCUT2D eigenvalue weighted by atomic mass is 127. The minimum absolute atomic E-state index is 0. The van der Waals surface area contributed by atoms with Gasteiger partial charge in [-0.3, -0.25) is 4.90 Å². The summed E-state index contributed by atoms with van der Waals surface area (Å²) in [5.74, 6) is 1.78. The van der Waals surface area contributed by atoms with Crippen molar-refractivity contribution >= 4 is 29.9 Å². The van der Waals surface area contributed by atoms with E-state index in [9.17, 15) is 0 Å². The zero-order valence-corrected chi connectivity index (χ0v) is 21.0. The van der Waals surface area contributed by atoms with Crippen molar-refractivity contribution in [2.45, 2.75) is 39.3 Å². The number of nitrogens with zero attached hydrogens (tertiary/aromatic N) is 3. The summed E-state index contributed by atoms with van der Waals surface area (Å²) in [4.78, 5) is 9.64. The van der Waals surface area contributed by atoms with Crippen molar-refractivity contribution in [2.75, 3.05) is 59.7 Å². The van der Waals surface area contributed by atoms with Crippen LogP contribution in [0.25, 0.3) is 0 Å². The number of ether oxygens (including phenoxy) is 2. The molecule has 6 nitrogen and oxygen atoms in total. The Balaban J connectivity index is 0.00000320. The van der Waals surface area contributed by atoms with Gasteiger partial charge in [-0.2, -0.15) is 0 Å². The minimum atomic E-state index is 0. The smallest absolute Gasteiger partial charge is 0.193 e. The fraction of sp³-hybridized carbons (Fsp3) is 0.696. The number of rotatable bonds is 8. The maximum absolute atomic E-state index is 5.48. The Morgan fingerprint density at radius 1 is 1.13 bits per heavy atom. The fourth-order valence-electron chi connectivity index (χ4n) is 4.00. The van der Waals surface area contributed by atoms with Crippen LogP contribution < -0.4 is 5.32 Å². The van der Waals surface area contributed by atoms with Crippen molar-refractivity contribution in [1.29, 1.82) is 0 Å². The van der Waals surface area contributed by atoms with Gasteiger partial charge >= 0.3 is 0 Å². The Kier molecular flexibility index (Phi) is 12.0. The van der Waals surface area contributed by atoms with Gasteiger partial charge in [0.15, 0.2) is 5.96 Å². The van der Waals surface area contributed by atoms with E-state index in [4.69, 9.17) is 14.5 Å². The molecule has 0 radical (unpaired) electrons. The molecular weight excluding hydrogens is 491 g/mol. The molecule has 2 aliphatic heterocycles. The second-order valence-electron chi connectivity index (χ2n) is 8.14. The minimum Gasteiger partial charge on any atom is -0.381 e. The van der Waals surface area contributed by atoms with Gasteiger partial charge in [0.05, 0.1) is 19.8 Å². The topological polar surface area (TPSA) is 49.3 Å². The molecule has 1 N–H and O–H groups in total. The van der Waals surface area contributed by atoms with Crippen LogP contribution in [0.1, 0.15) is 37.3 Å². The molecule has 170 valence electrons. The highest BCUT2D eigenvalue weighted by molar-refractivity contribution is 14.0. The summed E-state index contributed by atoms with van der Waals surface area (Å²) in [5.41, 5.74) is 2.63. The number of aliphatic imine (C=N–C) groups is 1. The van der Waals surface area contributed by atoms with E-state index in [2.05, 4.69) is 53.4 Å². The van der Waals surface area contributed by atoms with E-state index in [1.54, 1.807) is 0 Å². The molecule has 2 aliphatic rings. The zero-order valence-electron chi connectivity index (χ0n) is 18.6. The molecule has 2 fully saturated rings. The Hall–Kier alpha value is -0.900. The van der Waals surface area contributed by atoms with Gasteiger partial charge in [0.2, 0.25) is 0 Å². The van der Waals surface area contributed by atoms with E-state index in [1.807, 2.05) is 0 Å². The first-order valence-electron chi connectivity index (χ1n) is 11.2. The summed E-state index contributed by atoms with van der Waals surface area (Å²) in [6, 6.07) is 8.85. The SMILES string of the molecule is CCNC(=NCc1cccc(CN2CCOCC2)c1)N(C)CCC1CCOCC1.I. The van der Waals surface area contributed by atoms with Gasteiger partial charge in [0.1, 0.15) is 0 Å². The van der Waals surface area contributed by atoms with Crippen molar-refractivity contribution in [3.05, 3.63) is 35.4 Å². The van der Waals surface area contributed by atoms with Crippen LogP contribution in [0.4, 0.5) is 0 Å². The van der Waals surface area contributed by atoms with Gasteiger partial charge in [-0.05, 0) is 43.2 Å². The molecule has 1 aromatic rings. The molecule has 30 heavy (non-hydrogen) atoms. The third-order valence-electron chi connectivity index (χ3n) is 5.82. The number of hydrogen-bond donors (Lipinski definition) is 1. The third kappa shape index (κ3) is 8.69. The Morgan fingerprint density at radius 3 is 2.57 bits per heavy atom. The monoisotopic (exact) mass is 530 g/mol. The molecule has 1 aromatic carbocycles. The van der Waals surface area contributed by atoms with Crippen LogP contribution in [-0.2, 0) is 22.6 Å². The van der Waals surface area contributed by atoms with Crippen LogP contribution in [0.5, 0.6) is 0 Å². The number of morpholine rings is 1. The summed E-state index contributed by atoms with van der Waals surface area (Å²) in [6.45, 7) is 11.3. The predicted octanol–water partition coefficient (Wildman–Crippen LogP) is 3.35. The van der Waals surface area contributed by atoms with E-state index in [1.165, 1.54) is 30.4 Å². The molecule has 0 unspecified atom stereocenters. The lowest BCUT2D eigenvalue weighted by Gasteiger charge is -2.27. The number of nitrogens with one attached hydrogen (secondary N) is 1. The van der Waals surface area contributed by atoms with Crippen LogP contribution in [0.3, 0.4) is 0 Å². The van der Waals surface area contributed by atoms with Gasteiger partial charge < -0.3 is 19.7 Å². The molecule has 0 amide bonds. The molecule has 0 aliphatic carbocycles. The van der Waals surface area contributed by atoms with E-state index in [-0.39, 0.29) is 24.0 Å². The molecule has 0 bridgehead atoms. The maximum Gasteiger partial charge on any atom is 0.193 e. The first kappa shape index (κ1) is 25.4. The fourth-order valence-corrected chi connectivity index (χ4v) is 4.00. The van der Waals surface area contributed by atoms with E-state index >= 15 is 0 Å². The average molecular weight is 530 g/mol. The summed E-state index contributed by atoms with van der Waals surface area (Å²) in [6.07, 6.45) is 3.59. The first-order valence-corrected chi connectivity index (χ1v) is 11.2. The van der Waals surface area contributed by atoms with Gasteiger partial charge in [-0.25, -0.2) is 4.99 Å². The van der Waals surface area contributed by atoms with Crippen LogP contribution in [-0.4, -0.2) is 75.4 Å². The van der Waals surface area contributed by atoms with Crippen molar-refractivity contribution < 1.29 is 9.47 Å². The van der Waals surface area contributed by atoms with Gasteiger partial charge in [-0.1, -0.05) is 24.3 Å². The second-order valence-corrected chi connectivity index (χ2v) is 8.14. The van der Waals surface area contributed by atoms with E-state index in [0.29, 0.717) is 6.54 Å². The molecule has 0 aromatic heterocycles.